The maximum atomic E-state index is 5.64. The summed E-state index contributed by atoms with van der Waals surface area (Å²) >= 11 is 0. The van der Waals surface area contributed by atoms with E-state index >= 15 is 0 Å². The molecule has 0 spiro atoms. The van der Waals surface area contributed by atoms with E-state index < -0.39 is 0 Å². The zero-order valence-corrected chi connectivity index (χ0v) is 15.3. The lowest BCUT2D eigenvalue weighted by molar-refractivity contribution is 0.427. The Morgan fingerprint density at radius 3 is 3.27 bits per heavy atom. The Labute approximate surface area is 154 Å². The summed E-state index contributed by atoms with van der Waals surface area (Å²) in [5, 5.41) is 4.69. The first-order valence-corrected chi connectivity index (χ1v) is 9.03. The molecule has 1 saturated heterocycles. The summed E-state index contributed by atoms with van der Waals surface area (Å²) < 4.78 is 0. The fourth-order valence-corrected chi connectivity index (χ4v) is 3.53. The Balaban J connectivity index is 1.93. The van der Waals surface area contributed by atoms with Gasteiger partial charge in [-0.25, -0.2) is 9.98 Å². The number of allylic oxidation sites excluding steroid dienone is 1. The number of nitrogens with two attached hydrogens (primary N) is 1. The smallest absolute Gasteiger partial charge is 0.139 e. The molecule has 0 radical (unpaired) electrons. The standard InChI is InChI=1S/C19H27N7/c1-14(10-22-13-21-2)16-11-25-19-18(16)17(5-7-24-19)26-9-3-4-15(12-26)23-8-6-20/h5,7,10-11,13,15,23H,2-4,6,8-9,12,20H2,1H3,(H,24,25)/b14-10+,22-13-. The van der Waals surface area contributed by atoms with Crippen LogP contribution in [0.3, 0.4) is 0 Å². The van der Waals surface area contributed by atoms with Crippen LogP contribution in [0, 0.1) is 0 Å². The summed E-state index contributed by atoms with van der Waals surface area (Å²) in [7, 11) is 0. The average Bonchev–Trinajstić information content (AvgIpc) is 3.11. The van der Waals surface area contributed by atoms with Crippen LogP contribution in [0.25, 0.3) is 16.6 Å². The first-order valence-electron chi connectivity index (χ1n) is 9.03. The Kier molecular flexibility index (Phi) is 6.14. The molecule has 0 saturated carbocycles. The lowest BCUT2D eigenvalue weighted by Gasteiger charge is -2.35. The van der Waals surface area contributed by atoms with Gasteiger partial charge in [0.05, 0.1) is 0 Å². The molecule has 0 aromatic carbocycles. The Hall–Kier alpha value is -2.51. The van der Waals surface area contributed by atoms with Crippen molar-refractivity contribution in [2.75, 3.05) is 31.1 Å². The molecule has 1 unspecified atom stereocenters. The summed E-state index contributed by atoms with van der Waals surface area (Å²) in [5.74, 6) is 0. The summed E-state index contributed by atoms with van der Waals surface area (Å²) in [6, 6.07) is 2.57. The van der Waals surface area contributed by atoms with Gasteiger partial charge in [0.25, 0.3) is 0 Å². The topological polar surface area (TPSA) is 94.7 Å². The van der Waals surface area contributed by atoms with Crippen molar-refractivity contribution in [3.05, 3.63) is 30.2 Å². The van der Waals surface area contributed by atoms with Gasteiger partial charge in [0.2, 0.25) is 0 Å². The number of rotatable bonds is 7. The lowest BCUT2D eigenvalue weighted by atomic mass is 10.0. The van der Waals surface area contributed by atoms with E-state index in [0.29, 0.717) is 12.6 Å². The van der Waals surface area contributed by atoms with E-state index in [2.05, 4.69) is 43.0 Å². The third-order valence-electron chi connectivity index (χ3n) is 4.73. The molecule has 3 rings (SSSR count). The Bertz CT molecular complexity index is 805. The third-order valence-corrected chi connectivity index (χ3v) is 4.73. The van der Waals surface area contributed by atoms with E-state index in [9.17, 15) is 0 Å². The van der Waals surface area contributed by atoms with E-state index in [0.717, 1.165) is 48.2 Å². The summed E-state index contributed by atoms with van der Waals surface area (Å²) in [5.41, 5.74) is 9.91. The van der Waals surface area contributed by atoms with Gasteiger partial charge in [-0.05, 0) is 38.1 Å². The number of H-pyrrole nitrogens is 1. The van der Waals surface area contributed by atoms with Gasteiger partial charge < -0.3 is 20.9 Å². The van der Waals surface area contributed by atoms with Crippen molar-refractivity contribution in [2.45, 2.75) is 25.8 Å². The van der Waals surface area contributed by atoms with Crippen LogP contribution in [0.15, 0.2) is 34.6 Å². The second kappa shape index (κ2) is 8.73. The number of aromatic nitrogens is 2. The molecule has 0 bridgehead atoms. The van der Waals surface area contributed by atoms with Crippen LogP contribution in [-0.4, -0.2) is 55.2 Å². The first kappa shape index (κ1) is 18.3. The highest BCUT2D eigenvalue weighted by atomic mass is 15.2. The third kappa shape index (κ3) is 4.00. The predicted octanol–water partition coefficient (Wildman–Crippen LogP) is 2.17. The second-order valence-electron chi connectivity index (χ2n) is 6.54. The number of nitrogens with one attached hydrogen (secondary N) is 2. The number of aromatic amines is 1. The lowest BCUT2D eigenvalue weighted by Crippen LogP contribution is -2.47. The van der Waals surface area contributed by atoms with Crippen LogP contribution in [0.2, 0.25) is 0 Å². The van der Waals surface area contributed by atoms with Crippen LogP contribution in [-0.2, 0) is 0 Å². The SMILES string of the molecule is C=N/C=N\C=C(/C)c1c[nH]c2nccc(N3CCCC(NCCN)C3)c12. The number of aliphatic imine (C=N–C) groups is 2. The van der Waals surface area contributed by atoms with E-state index in [1.54, 1.807) is 6.20 Å². The van der Waals surface area contributed by atoms with Gasteiger partial charge in [-0.3, -0.25) is 4.99 Å². The quantitative estimate of drug-likeness (QED) is 0.525. The van der Waals surface area contributed by atoms with Crippen LogP contribution in [0.1, 0.15) is 25.3 Å². The van der Waals surface area contributed by atoms with Crippen molar-refractivity contribution in [3.8, 4) is 0 Å². The molecular formula is C19H27N7. The van der Waals surface area contributed by atoms with Gasteiger partial charge in [-0.15, -0.1) is 0 Å². The molecule has 7 nitrogen and oxygen atoms in total. The van der Waals surface area contributed by atoms with E-state index in [4.69, 9.17) is 5.73 Å². The number of fused-ring (bicyclic) bond motifs is 1. The Morgan fingerprint density at radius 1 is 1.58 bits per heavy atom. The summed E-state index contributed by atoms with van der Waals surface area (Å²) in [6.07, 6.45) is 9.46. The highest BCUT2D eigenvalue weighted by Crippen LogP contribution is 2.33. The van der Waals surface area contributed by atoms with Crippen LogP contribution >= 0.6 is 0 Å². The minimum absolute atomic E-state index is 0.470. The largest absolute Gasteiger partial charge is 0.369 e. The Morgan fingerprint density at radius 2 is 2.46 bits per heavy atom. The molecule has 26 heavy (non-hydrogen) atoms. The molecule has 0 amide bonds. The molecule has 1 fully saturated rings. The number of piperidine rings is 1. The van der Waals surface area contributed by atoms with Gasteiger partial charge in [0.1, 0.15) is 12.0 Å². The molecular weight excluding hydrogens is 326 g/mol. The van der Waals surface area contributed by atoms with Gasteiger partial charge >= 0.3 is 0 Å². The van der Waals surface area contributed by atoms with Crippen molar-refractivity contribution in [1.29, 1.82) is 0 Å². The normalized spacial score (nSPS) is 18.8. The van der Waals surface area contributed by atoms with Crippen molar-refractivity contribution < 1.29 is 0 Å². The molecule has 1 aliphatic heterocycles. The highest BCUT2D eigenvalue weighted by molar-refractivity contribution is 5.99. The fraction of sp³-hybridized carbons (Fsp3) is 0.421. The molecule has 2 aromatic rings. The van der Waals surface area contributed by atoms with Crippen molar-refractivity contribution in [1.82, 2.24) is 15.3 Å². The van der Waals surface area contributed by atoms with Crippen LogP contribution in [0.4, 0.5) is 5.69 Å². The molecule has 1 aliphatic rings. The molecule has 2 aromatic heterocycles. The van der Waals surface area contributed by atoms with Crippen LogP contribution < -0.4 is 16.0 Å². The van der Waals surface area contributed by atoms with Gasteiger partial charge in [-0.2, -0.15) is 0 Å². The predicted molar refractivity (Wildman–Crippen MR) is 110 cm³/mol. The average molecular weight is 353 g/mol. The van der Waals surface area contributed by atoms with Crippen molar-refractivity contribution in [3.63, 3.8) is 0 Å². The summed E-state index contributed by atoms with van der Waals surface area (Å²) in [6.45, 7) is 9.00. The maximum absolute atomic E-state index is 5.64. The summed E-state index contributed by atoms with van der Waals surface area (Å²) in [4.78, 5) is 18.0. The molecule has 7 heteroatoms. The first-order chi connectivity index (χ1) is 12.7. The second-order valence-corrected chi connectivity index (χ2v) is 6.54. The molecule has 1 atom stereocenters. The number of pyridine rings is 1. The number of anilines is 1. The highest BCUT2D eigenvalue weighted by Gasteiger charge is 2.22. The zero-order valence-electron chi connectivity index (χ0n) is 15.3. The maximum Gasteiger partial charge on any atom is 0.139 e. The number of hydrogen-bond donors (Lipinski definition) is 3. The van der Waals surface area contributed by atoms with Crippen LogP contribution in [0.5, 0.6) is 0 Å². The zero-order chi connectivity index (χ0) is 18.4. The molecule has 0 aliphatic carbocycles. The van der Waals surface area contributed by atoms with Gasteiger partial charge in [0, 0.05) is 67.5 Å². The minimum Gasteiger partial charge on any atom is -0.369 e. The molecule has 3 heterocycles. The van der Waals surface area contributed by atoms with E-state index in [1.165, 1.54) is 18.4 Å². The molecule has 4 N–H and O–H groups in total. The van der Waals surface area contributed by atoms with Gasteiger partial charge in [0.15, 0.2) is 0 Å². The van der Waals surface area contributed by atoms with E-state index in [-0.39, 0.29) is 0 Å². The minimum atomic E-state index is 0.470. The van der Waals surface area contributed by atoms with Crippen molar-refractivity contribution >= 4 is 35.3 Å². The number of nitrogens with zero attached hydrogens (tertiary/aromatic N) is 4. The fourth-order valence-electron chi connectivity index (χ4n) is 3.53. The van der Waals surface area contributed by atoms with Gasteiger partial charge in [-0.1, -0.05) is 0 Å². The molecule has 138 valence electrons. The number of hydrogen-bond acceptors (Lipinski definition) is 5. The van der Waals surface area contributed by atoms with E-state index in [1.807, 2.05) is 19.3 Å². The van der Waals surface area contributed by atoms with Crippen molar-refractivity contribution in [2.24, 2.45) is 15.7 Å². The monoisotopic (exact) mass is 353 g/mol.